The van der Waals surface area contributed by atoms with E-state index < -0.39 is 0 Å². The lowest BCUT2D eigenvalue weighted by Gasteiger charge is -2.31. The Hall–Kier alpha value is -8.50. The molecule has 11 aromatic carbocycles. The molecule has 2 nitrogen and oxygen atoms in total. The van der Waals surface area contributed by atoms with Gasteiger partial charge in [0.1, 0.15) is 0 Å². The van der Waals surface area contributed by atoms with Gasteiger partial charge in [0, 0.05) is 54.7 Å². The number of hydrogen-bond donors (Lipinski definition) is 0. The summed E-state index contributed by atoms with van der Waals surface area (Å²) in [7, 11) is 0. The van der Waals surface area contributed by atoms with Crippen molar-refractivity contribution < 1.29 is 0 Å². The van der Waals surface area contributed by atoms with Crippen molar-refractivity contribution >= 4 is 76.4 Å². The zero-order valence-electron chi connectivity index (χ0n) is 41.4. The number of anilines is 6. The molecular formula is C70H52N2S. The van der Waals surface area contributed by atoms with Gasteiger partial charge in [0.25, 0.3) is 0 Å². The predicted octanol–water partition coefficient (Wildman–Crippen LogP) is 20.1. The van der Waals surface area contributed by atoms with Crippen LogP contribution in [0.15, 0.2) is 243 Å². The van der Waals surface area contributed by atoms with E-state index in [1.165, 1.54) is 92.1 Å². The maximum absolute atomic E-state index is 2.55. The third kappa shape index (κ3) is 6.83. The summed E-state index contributed by atoms with van der Waals surface area (Å²) >= 11 is 1.88. The molecule has 0 bridgehead atoms. The van der Waals surface area contributed by atoms with Gasteiger partial charge >= 0.3 is 0 Å². The van der Waals surface area contributed by atoms with Crippen molar-refractivity contribution in [1.82, 2.24) is 0 Å². The second-order valence-corrected chi connectivity index (χ2v) is 22.0. The molecular weight excluding hydrogens is 901 g/mol. The van der Waals surface area contributed by atoms with Gasteiger partial charge in [-0.25, -0.2) is 0 Å². The van der Waals surface area contributed by atoms with Crippen LogP contribution in [0.5, 0.6) is 0 Å². The molecule has 3 heteroatoms. The summed E-state index contributed by atoms with van der Waals surface area (Å²) in [5, 5.41) is 5.17. The first-order valence-electron chi connectivity index (χ1n) is 25.5. The standard InChI is InChI=1S/C70H52N2S/c1-69(2)62-27-15-13-24-56(62)57-39-36-52(44-64(57)69)72(65-28-17-26-61-59-25-14-16-29-66(59)73-68(61)65)54-41-49(48-33-37-58-60-38-32-47-20-11-12-23-55(47)67(60)70(3,4)63(58)42-48)40-53(43-54)71(50-21-9-6-10-22-50)51-34-30-46(31-35-51)45-18-7-5-8-19-45/h5-44H,1-4H3. The van der Waals surface area contributed by atoms with Crippen LogP contribution in [0.4, 0.5) is 34.1 Å². The molecule has 1 heterocycles. The van der Waals surface area contributed by atoms with Gasteiger partial charge in [0.05, 0.1) is 10.4 Å². The maximum Gasteiger partial charge on any atom is 0.0640 e. The molecule has 1 aromatic heterocycles. The van der Waals surface area contributed by atoms with E-state index in [0.29, 0.717) is 0 Å². The molecule has 0 unspecified atom stereocenters. The van der Waals surface area contributed by atoms with Crippen LogP contribution < -0.4 is 9.80 Å². The molecule has 0 atom stereocenters. The Bertz CT molecular complexity index is 4140. The Kier molecular flexibility index (Phi) is 9.80. The highest BCUT2D eigenvalue weighted by Gasteiger charge is 2.38. The fraction of sp³-hybridized carbons (Fsp3) is 0.0857. The van der Waals surface area contributed by atoms with Crippen LogP contribution in [0.1, 0.15) is 49.9 Å². The summed E-state index contributed by atoms with van der Waals surface area (Å²) in [6.07, 6.45) is 0. The normalized spacial score (nSPS) is 13.7. The minimum absolute atomic E-state index is 0.180. The third-order valence-electron chi connectivity index (χ3n) is 16.0. The van der Waals surface area contributed by atoms with Gasteiger partial charge in [-0.1, -0.05) is 198 Å². The van der Waals surface area contributed by atoms with E-state index in [1.54, 1.807) is 0 Å². The number of thiophene rings is 1. The quantitative estimate of drug-likeness (QED) is 0.150. The predicted molar refractivity (Wildman–Crippen MR) is 312 cm³/mol. The van der Waals surface area contributed by atoms with Crippen LogP contribution in [-0.2, 0) is 10.8 Å². The molecule has 0 saturated carbocycles. The van der Waals surface area contributed by atoms with Crippen molar-refractivity contribution in [3.63, 3.8) is 0 Å². The monoisotopic (exact) mass is 952 g/mol. The average molecular weight is 953 g/mol. The second kappa shape index (κ2) is 16.5. The van der Waals surface area contributed by atoms with Crippen molar-refractivity contribution in [3.8, 4) is 44.5 Å². The van der Waals surface area contributed by atoms with Gasteiger partial charge in [-0.05, 0) is 150 Å². The summed E-state index contributed by atoms with van der Waals surface area (Å²) in [6.45, 7) is 9.59. The highest BCUT2D eigenvalue weighted by atomic mass is 32.1. The molecule has 0 amide bonds. The fourth-order valence-corrected chi connectivity index (χ4v) is 13.6. The SMILES string of the molecule is CC1(C)c2ccccc2-c2ccc(N(c3cc(-c4ccc5c(c4)C(C)(C)c4c-5ccc5ccccc45)cc(N(c4ccccc4)c4ccc(-c5ccccc5)cc4)c3)c3cccc4c3sc3ccccc34)cc21. The summed E-state index contributed by atoms with van der Waals surface area (Å²) in [4.78, 5) is 4.98. The number of benzene rings is 11. The Balaban J connectivity index is 1.03. The van der Waals surface area contributed by atoms with Crippen LogP contribution >= 0.6 is 11.3 Å². The van der Waals surface area contributed by atoms with Crippen LogP contribution in [-0.4, -0.2) is 0 Å². The first-order valence-corrected chi connectivity index (χ1v) is 26.3. The molecule has 2 aliphatic carbocycles. The number of para-hydroxylation sites is 1. The van der Waals surface area contributed by atoms with Gasteiger partial charge in [0.15, 0.2) is 0 Å². The first kappa shape index (κ1) is 43.3. The Morgan fingerprint density at radius 1 is 0.315 bits per heavy atom. The van der Waals surface area contributed by atoms with Crippen molar-refractivity contribution in [2.75, 3.05) is 9.80 Å². The van der Waals surface area contributed by atoms with Crippen LogP contribution in [0, 0.1) is 0 Å². The van der Waals surface area contributed by atoms with E-state index in [9.17, 15) is 0 Å². The Labute approximate surface area is 431 Å². The van der Waals surface area contributed by atoms with Crippen molar-refractivity contribution in [3.05, 3.63) is 265 Å². The minimum atomic E-state index is -0.212. The van der Waals surface area contributed by atoms with Gasteiger partial charge in [0.2, 0.25) is 0 Å². The molecule has 0 N–H and O–H groups in total. The van der Waals surface area contributed by atoms with Gasteiger partial charge in [-0.3, -0.25) is 0 Å². The number of rotatable bonds is 8. The highest BCUT2D eigenvalue weighted by molar-refractivity contribution is 7.26. The fourth-order valence-electron chi connectivity index (χ4n) is 12.4. The molecule has 0 aliphatic heterocycles. The highest BCUT2D eigenvalue weighted by Crippen LogP contribution is 2.55. The van der Waals surface area contributed by atoms with E-state index in [-0.39, 0.29) is 10.8 Å². The summed E-state index contributed by atoms with van der Waals surface area (Å²) in [5.41, 5.74) is 21.7. The van der Waals surface area contributed by atoms with E-state index in [0.717, 1.165) is 39.7 Å². The zero-order valence-corrected chi connectivity index (χ0v) is 42.2. The third-order valence-corrected chi connectivity index (χ3v) is 17.2. The number of fused-ring (bicyclic) bond motifs is 11. The van der Waals surface area contributed by atoms with Crippen LogP contribution in [0.2, 0.25) is 0 Å². The summed E-state index contributed by atoms with van der Waals surface area (Å²) in [6, 6.07) is 90.5. The van der Waals surface area contributed by atoms with E-state index in [1.807, 2.05) is 11.3 Å². The van der Waals surface area contributed by atoms with Gasteiger partial charge in [-0.15, -0.1) is 11.3 Å². The number of nitrogens with zero attached hydrogens (tertiary/aromatic N) is 2. The Morgan fingerprint density at radius 2 is 0.890 bits per heavy atom. The topological polar surface area (TPSA) is 6.48 Å². The molecule has 0 fully saturated rings. The van der Waals surface area contributed by atoms with E-state index >= 15 is 0 Å². The first-order chi connectivity index (χ1) is 35.7. The largest absolute Gasteiger partial charge is 0.310 e. The lowest BCUT2D eigenvalue weighted by atomic mass is 9.79. The lowest BCUT2D eigenvalue weighted by Crippen LogP contribution is -2.17. The van der Waals surface area contributed by atoms with Gasteiger partial charge in [-0.2, -0.15) is 0 Å². The molecule has 14 rings (SSSR count). The van der Waals surface area contributed by atoms with Crippen molar-refractivity contribution in [1.29, 1.82) is 0 Å². The second-order valence-electron chi connectivity index (χ2n) is 20.9. The smallest absolute Gasteiger partial charge is 0.0640 e. The number of hydrogen-bond acceptors (Lipinski definition) is 3. The van der Waals surface area contributed by atoms with Crippen molar-refractivity contribution in [2.24, 2.45) is 0 Å². The summed E-state index contributed by atoms with van der Waals surface area (Å²) in [5.74, 6) is 0. The Morgan fingerprint density at radius 3 is 1.71 bits per heavy atom. The molecule has 0 spiro atoms. The molecule has 0 radical (unpaired) electrons. The molecule has 348 valence electrons. The molecule has 73 heavy (non-hydrogen) atoms. The van der Waals surface area contributed by atoms with Crippen molar-refractivity contribution in [2.45, 2.75) is 38.5 Å². The zero-order chi connectivity index (χ0) is 49.0. The molecule has 12 aromatic rings. The summed E-state index contributed by atoms with van der Waals surface area (Å²) < 4.78 is 2.55. The van der Waals surface area contributed by atoms with Crippen LogP contribution in [0.3, 0.4) is 0 Å². The van der Waals surface area contributed by atoms with E-state index in [2.05, 4.69) is 280 Å². The lowest BCUT2D eigenvalue weighted by molar-refractivity contribution is 0.660. The minimum Gasteiger partial charge on any atom is -0.310 e. The maximum atomic E-state index is 2.55. The van der Waals surface area contributed by atoms with Crippen LogP contribution in [0.25, 0.3) is 75.5 Å². The van der Waals surface area contributed by atoms with Gasteiger partial charge < -0.3 is 9.80 Å². The average Bonchev–Trinajstić information content (AvgIpc) is 4.02. The molecule has 2 aliphatic rings. The van der Waals surface area contributed by atoms with E-state index in [4.69, 9.17) is 0 Å². The molecule has 0 saturated heterocycles.